The molecule has 0 radical (unpaired) electrons. The first-order valence-corrected chi connectivity index (χ1v) is 10.4. The van der Waals surface area contributed by atoms with Gasteiger partial charge in [-0.3, -0.25) is 19.3 Å². The van der Waals surface area contributed by atoms with E-state index in [0.717, 1.165) is 49.8 Å². The standard InChI is InChI=1S/C20H31N3O5/c1-14-8-6-7-11-20(14)18(26)23(19(27)21-20)12-17(25)28-13-16(24)22(2)15-9-4-3-5-10-15/h14-15H,3-13H2,1-2H3,(H,21,27)/t14-,20-/m0/s1. The molecule has 0 aromatic rings. The molecular formula is C20H31N3O5. The average molecular weight is 393 g/mol. The summed E-state index contributed by atoms with van der Waals surface area (Å²) >= 11 is 0. The molecule has 2 saturated carbocycles. The SMILES string of the molecule is C[C@H]1CCCC[C@]12NC(=O)N(CC(=O)OCC(=O)N(C)C1CCCCC1)C2=O. The van der Waals surface area contributed by atoms with Crippen molar-refractivity contribution in [3.63, 3.8) is 0 Å². The van der Waals surface area contributed by atoms with Gasteiger partial charge in [-0.25, -0.2) is 4.79 Å². The molecule has 2 aliphatic carbocycles. The molecule has 8 nitrogen and oxygen atoms in total. The molecule has 1 aliphatic heterocycles. The minimum Gasteiger partial charge on any atom is -0.454 e. The Morgan fingerprint density at radius 2 is 1.82 bits per heavy atom. The quantitative estimate of drug-likeness (QED) is 0.568. The lowest BCUT2D eigenvalue weighted by atomic mass is 9.73. The number of amides is 4. The van der Waals surface area contributed by atoms with Gasteiger partial charge in [0.05, 0.1) is 0 Å². The second-order valence-corrected chi connectivity index (χ2v) is 8.40. The second-order valence-electron chi connectivity index (χ2n) is 8.40. The van der Waals surface area contributed by atoms with Crippen LogP contribution in [-0.2, 0) is 19.1 Å². The fourth-order valence-corrected chi connectivity index (χ4v) is 4.73. The zero-order valence-corrected chi connectivity index (χ0v) is 16.9. The van der Waals surface area contributed by atoms with Crippen molar-refractivity contribution in [3.05, 3.63) is 0 Å². The third-order valence-electron chi connectivity index (χ3n) is 6.66. The Labute approximate surface area is 165 Å². The van der Waals surface area contributed by atoms with Crippen molar-refractivity contribution < 1.29 is 23.9 Å². The van der Waals surface area contributed by atoms with Crippen LogP contribution in [0.2, 0.25) is 0 Å². The summed E-state index contributed by atoms with van der Waals surface area (Å²) in [5, 5.41) is 2.80. The molecule has 1 heterocycles. The molecule has 3 rings (SSSR count). The lowest BCUT2D eigenvalue weighted by Gasteiger charge is -2.36. The Kier molecular flexibility index (Phi) is 6.25. The van der Waals surface area contributed by atoms with Crippen LogP contribution in [0.25, 0.3) is 0 Å². The zero-order chi connectivity index (χ0) is 20.3. The molecular weight excluding hydrogens is 362 g/mol. The molecule has 28 heavy (non-hydrogen) atoms. The van der Waals surface area contributed by atoms with E-state index in [-0.39, 0.29) is 30.4 Å². The molecule has 1 saturated heterocycles. The summed E-state index contributed by atoms with van der Waals surface area (Å²) in [7, 11) is 1.73. The normalized spacial score (nSPS) is 28.4. The summed E-state index contributed by atoms with van der Waals surface area (Å²) in [4.78, 5) is 52.2. The van der Waals surface area contributed by atoms with Crippen LogP contribution in [0.15, 0.2) is 0 Å². The number of imide groups is 1. The van der Waals surface area contributed by atoms with Gasteiger partial charge < -0.3 is 15.0 Å². The average Bonchev–Trinajstić information content (AvgIpc) is 2.93. The molecule has 0 bridgehead atoms. The number of ether oxygens (including phenoxy) is 1. The smallest absolute Gasteiger partial charge is 0.326 e. The van der Waals surface area contributed by atoms with Crippen LogP contribution in [0.1, 0.15) is 64.7 Å². The fraction of sp³-hybridized carbons (Fsp3) is 0.800. The van der Waals surface area contributed by atoms with Gasteiger partial charge in [-0.15, -0.1) is 0 Å². The predicted octanol–water partition coefficient (Wildman–Crippen LogP) is 1.82. The molecule has 0 aromatic carbocycles. The Morgan fingerprint density at radius 3 is 2.50 bits per heavy atom. The highest BCUT2D eigenvalue weighted by molar-refractivity contribution is 6.09. The summed E-state index contributed by atoms with van der Waals surface area (Å²) in [6, 6.07) is -0.361. The van der Waals surface area contributed by atoms with E-state index >= 15 is 0 Å². The Balaban J connectivity index is 1.51. The zero-order valence-electron chi connectivity index (χ0n) is 16.9. The number of likely N-dealkylation sites (N-methyl/N-ethyl adjacent to an activating group) is 1. The minimum absolute atomic E-state index is 0.0319. The van der Waals surface area contributed by atoms with Gasteiger partial charge in [-0.05, 0) is 31.6 Å². The van der Waals surface area contributed by atoms with E-state index in [9.17, 15) is 19.2 Å². The number of carbonyl (C=O) groups is 4. The number of hydrogen-bond donors (Lipinski definition) is 1. The largest absolute Gasteiger partial charge is 0.454 e. The topological polar surface area (TPSA) is 96.0 Å². The van der Waals surface area contributed by atoms with Crippen LogP contribution in [0.5, 0.6) is 0 Å². The summed E-state index contributed by atoms with van der Waals surface area (Å²) in [6.07, 6.45) is 8.71. The van der Waals surface area contributed by atoms with Gasteiger partial charge >= 0.3 is 12.0 Å². The number of urea groups is 1. The maximum absolute atomic E-state index is 12.9. The van der Waals surface area contributed by atoms with E-state index in [0.29, 0.717) is 6.42 Å². The van der Waals surface area contributed by atoms with Crippen molar-refractivity contribution in [3.8, 4) is 0 Å². The maximum atomic E-state index is 12.9. The Hall–Kier alpha value is -2.12. The minimum atomic E-state index is -0.896. The third-order valence-corrected chi connectivity index (χ3v) is 6.66. The van der Waals surface area contributed by atoms with Gasteiger partial charge in [0.15, 0.2) is 6.61 Å². The lowest BCUT2D eigenvalue weighted by Crippen LogP contribution is -2.54. The molecule has 0 aromatic heterocycles. The summed E-state index contributed by atoms with van der Waals surface area (Å²) in [5.41, 5.74) is -0.896. The van der Waals surface area contributed by atoms with Crippen LogP contribution < -0.4 is 5.32 Å². The van der Waals surface area contributed by atoms with Crippen molar-refractivity contribution in [2.45, 2.75) is 76.3 Å². The van der Waals surface area contributed by atoms with Crippen molar-refractivity contribution >= 4 is 23.8 Å². The molecule has 8 heteroatoms. The van der Waals surface area contributed by atoms with Crippen molar-refractivity contribution in [2.24, 2.45) is 5.92 Å². The Bertz CT molecular complexity index is 646. The maximum Gasteiger partial charge on any atom is 0.326 e. The monoisotopic (exact) mass is 393 g/mol. The molecule has 4 amide bonds. The van der Waals surface area contributed by atoms with Gasteiger partial charge in [0.25, 0.3) is 11.8 Å². The van der Waals surface area contributed by atoms with Gasteiger partial charge in [0, 0.05) is 13.1 Å². The van der Waals surface area contributed by atoms with Crippen molar-refractivity contribution in [1.29, 1.82) is 0 Å². The van der Waals surface area contributed by atoms with Crippen LogP contribution in [0.4, 0.5) is 4.79 Å². The van der Waals surface area contributed by atoms with Crippen LogP contribution in [0.3, 0.4) is 0 Å². The highest BCUT2D eigenvalue weighted by atomic mass is 16.5. The third kappa shape index (κ3) is 4.00. The first kappa shape index (κ1) is 20.6. The highest BCUT2D eigenvalue weighted by Gasteiger charge is 2.55. The molecule has 2 atom stereocenters. The van der Waals surface area contributed by atoms with Gasteiger partial charge in [-0.2, -0.15) is 0 Å². The summed E-state index contributed by atoms with van der Waals surface area (Å²) in [6.45, 7) is 1.13. The number of nitrogens with one attached hydrogen (secondary N) is 1. The molecule has 1 spiro atoms. The predicted molar refractivity (Wildman–Crippen MR) is 101 cm³/mol. The van der Waals surface area contributed by atoms with Crippen molar-refractivity contribution in [1.82, 2.24) is 15.1 Å². The van der Waals surface area contributed by atoms with E-state index in [1.807, 2.05) is 6.92 Å². The first-order chi connectivity index (χ1) is 13.3. The molecule has 156 valence electrons. The highest BCUT2D eigenvalue weighted by Crippen LogP contribution is 2.38. The van der Waals surface area contributed by atoms with E-state index in [2.05, 4.69) is 5.32 Å². The lowest BCUT2D eigenvalue weighted by molar-refractivity contribution is -0.154. The van der Waals surface area contributed by atoms with E-state index < -0.39 is 24.1 Å². The molecule has 3 fully saturated rings. The molecule has 3 aliphatic rings. The van der Waals surface area contributed by atoms with Crippen LogP contribution in [-0.4, -0.2) is 65.4 Å². The van der Waals surface area contributed by atoms with E-state index in [1.54, 1.807) is 11.9 Å². The fourth-order valence-electron chi connectivity index (χ4n) is 4.73. The molecule has 1 N–H and O–H groups in total. The van der Waals surface area contributed by atoms with Crippen molar-refractivity contribution in [2.75, 3.05) is 20.2 Å². The van der Waals surface area contributed by atoms with E-state index in [1.165, 1.54) is 6.42 Å². The number of rotatable bonds is 5. The number of nitrogens with zero attached hydrogens (tertiary/aromatic N) is 2. The van der Waals surface area contributed by atoms with Crippen LogP contribution >= 0.6 is 0 Å². The summed E-state index contributed by atoms with van der Waals surface area (Å²) in [5.74, 6) is -1.32. The first-order valence-electron chi connectivity index (χ1n) is 10.4. The second kappa shape index (κ2) is 8.49. The van der Waals surface area contributed by atoms with Gasteiger partial charge in [-0.1, -0.05) is 39.0 Å². The summed E-state index contributed by atoms with van der Waals surface area (Å²) < 4.78 is 5.07. The van der Waals surface area contributed by atoms with Gasteiger partial charge in [0.2, 0.25) is 0 Å². The number of hydrogen-bond acceptors (Lipinski definition) is 5. The molecule has 0 unspecified atom stereocenters. The number of esters is 1. The van der Waals surface area contributed by atoms with Crippen LogP contribution in [0, 0.1) is 5.92 Å². The number of carbonyl (C=O) groups excluding carboxylic acids is 4. The van der Waals surface area contributed by atoms with E-state index in [4.69, 9.17) is 4.74 Å². The Morgan fingerprint density at radius 1 is 1.14 bits per heavy atom. The van der Waals surface area contributed by atoms with Gasteiger partial charge in [0.1, 0.15) is 12.1 Å².